The number of rotatable bonds is 2. The molecule has 17 heavy (non-hydrogen) atoms. The Morgan fingerprint density at radius 2 is 2.06 bits per heavy atom. The summed E-state index contributed by atoms with van der Waals surface area (Å²) in [5.74, 6) is -1.50. The van der Waals surface area contributed by atoms with Crippen LogP contribution in [0.5, 0.6) is 0 Å². The van der Waals surface area contributed by atoms with Gasteiger partial charge in [-0.25, -0.2) is 4.79 Å². The van der Waals surface area contributed by atoms with Crippen molar-refractivity contribution in [3.8, 4) is 0 Å². The predicted octanol–water partition coefficient (Wildman–Crippen LogP) is -0.104. The highest BCUT2D eigenvalue weighted by Gasteiger charge is 2.26. The lowest BCUT2D eigenvalue weighted by Crippen LogP contribution is -2.41. The molecule has 0 atom stereocenters. The second-order valence-electron chi connectivity index (χ2n) is 3.48. The van der Waals surface area contributed by atoms with E-state index in [1.807, 2.05) is 0 Å². The molecule has 0 radical (unpaired) electrons. The molecule has 0 aromatic carbocycles. The number of morpholine rings is 1. The molecular formula is C9H11N3O4S. The highest BCUT2D eigenvalue weighted by atomic mass is 32.1. The van der Waals surface area contributed by atoms with E-state index in [2.05, 4.69) is 4.37 Å². The van der Waals surface area contributed by atoms with Gasteiger partial charge in [-0.3, -0.25) is 4.79 Å². The average Bonchev–Trinajstić information content (AvgIpc) is 2.71. The molecule has 7 nitrogen and oxygen atoms in total. The Bertz CT molecular complexity index is 453. The van der Waals surface area contributed by atoms with E-state index in [1.54, 1.807) is 4.90 Å². The molecule has 0 saturated carbocycles. The maximum absolute atomic E-state index is 12.0. The zero-order valence-corrected chi connectivity index (χ0v) is 9.70. The smallest absolute Gasteiger partial charge is 0.349 e. The summed E-state index contributed by atoms with van der Waals surface area (Å²) in [6.45, 7) is 1.89. The van der Waals surface area contributed by atoms with Crippen LogP contribution < -0.4 is 5.73 Å². The molecule has 92 valence electrons. The van der Waals surface area contributed by atoms with Gasteiger partial charge in [0.1, 0.15) is 0 Å². The lowest BCUT2D eigenvalue weighted by Gasteiger charge is -2.26. The van der Waals surface area contributed by atoms with Gasteiger partial charge in [-0.1, -0.05) is 0 Å². The molecule has 1 aromatic rings. The van der Waals surface area contributed by atoms with E-state index >= 15 is 0 Å². The van der Waals surface area contributed by atoms with E-state index in [0.29, 0.717) is 26.3 Å². The molecule has 1 aliphatic rings. The Kier molecular flexibility index (Phi) is 3.25. The van der Waals surface area contributed by atoms with Gasteiger partial charge in [-0.2, -0.15) is 4.37 Å². The van der Waals surface area contributed by atoms with Crippen molar-refractivity contribution in [2.24, 2.45) is 0 Å². The standard InChI is InChI=1S/C9H11N3O4S/c10-5-6(11-17-7(5)9(14)15)8(13)12-1-3-16-4-2-12/h1-4,10H2,(H,14,15). The van der Waals surface area contributed by atoms with E-state index in [0.717, 1.165) is 11.5 Å². The van der Waals surface area contributed by atoms with Crippen LogP contribution in [0, 0.1) is 0 Å². The van der Waals surface area contributed by atoms with Crippen LogP contribution in [0.25, 0.3) is 0 Å². The van der Waals surface area contributed by atoms with Gasteiger partial charge in [0.05, 0.1) is 18.9 Å². The van der Waals surface area contributed by atoms with Crippen LogP contribution in [0.2, 0.25) is 0 Å². The number of amides is 1. The van der Waals surface area contributed by atoms with E-state index < -0.39 is 5.97 Å². The van der Waals surface area contributed by atoms with Crippen molar-refractivity contribution in [2.75, 3.05) is 32.0 Å². The van der Waals surface area contributed by atoms with E-state index in [1.165, 1.54) is 0 Å². The summed E-state index contributed by atoms with van der Waals surface area (Å²) in [5, 5.41) is 8.82. The number of carboxylic acid groups (broad SMARTS) is 1. The Balaban J connectivity index is 2.21. The highest BCUT2D eigenvalue weighted by Crippen LogP contribution is 2.23. The minimum Gasteiger partial charge on any atom is -0.477 e. The highest BCUT2D eigenvalue weighted by molar-refractivity contribution is 7.08. The number of hydrogen-bond donors (Lipinski definition) is 2. The summed E-state index contributed by atoms with van der Waals surface area (Å²) in [6.07, 6.45) is 0. The SMILES string of the molecule is Nc1c(C(=O)N2CCOCC2)nsc1C(=O)O. The zero-order valence-electron chi connectivity index (χ0n) is 8.88. The summed E-state index contributed by atoms with van der Waals surface area (Å²) in [6, 6.07) is 0. The number of hydrogen-bond acceptors (Lipinski definition) is 6. The topological polar surface area (TPSA) is 106 Å². The van der Waals surface area contributed by atoms with Crippen molar-refractivity contribution in [1.82, 2.24) is 9.27 Å². The fraction of sp³-hybridized carbons (Fsp3) is 0.444. The van der Waals surface area contributed by atoms with Gasteiger partial charge in [0.25, 0.3) is 5.91 Å². The largest absolute Gasteiger partial charge is 0.477 e. The van der Waals surface area contributed by atoms with Crippen LogP contribution in [0.4, 0.5) is 5.69 Å². The van der Waals surface area contributed by atoms with Crippen LogP contribution >= 0.6 is 11.5 Å². The molecule has 0 bridgehead atoms. The van der Waals surface area contributed by atoms with Crippen LogP contribution in [-0.2, 0) is 4.74 Å². The summed E-state index contributed by atoms with van der Waals surface area (Å²) in [7, 11) is 0. The molecule has 1 aliphatic heterocycles. The molecule has 2 heterocycles. The minimum atomic E-state index is -1.17. The average molecular weight is 257 g/mol. The number of anilines is 1. The van der Waals surface area contributed by atoms with Gasteiger partial charge in [-0.05, 0) is 11.5 Å². The Labute approximate surface area is 101 Å². The molecule has 1 amide bonds. The van der Waals surface area contributed by atoms with Gasteiger partial charge >= 0.3 is 5.97 Å². The van der Waals surface area contributed by atoms with Crippen LogP contribution in [-0.4, -0.2) is 52.6 Å². The molecule has 3 N–H and O–H groups in total. The van der Waals surface area contributed by atoms with Gasteiger partial charge in [-0.15, -0.1) is 0 Å². The van der Waals surface area contributed by atoms with Gasteiger partial charge in [0.15, 0.2) is 10.6 Å². The lowest BCUT2D eigenvalue weighted by molar-refractivity contribution is 0.0300. The first-order valence-corrected chi connectivity index (χ1v) is 5.74. The molecule has 2 rings (SSSR count). The lowest BCUT2D eigenvalue weighted by atomic mass is 10.2. The molecule has 0 spiro atoms. The molecule has 1 saturated heterocycles. The predicted molar refractivity (Wildman–Crippen MR) is 60.2 cm³/mol. The summed E-state index contributed by atoms with van der Waals surface area (Å²) >= 11 is 0.723. The fourth-order valence-corrected chi connectivity index (χ4v) is 2.15. The molecule has 1 fully saturated rings. The zero-order chi connectivity index (χ0) is 12.4. The first kappa shape index (κ1) is 11.8. The number of carboxylic acids is 1. The maximum atomic E-state index is 12.0. The first-order valence-electron chi connectivity index (χ1n) is 4.96. The monoisotopic (exact) mass is 257 g/mol. The second-order valence-corrected chi connectivity index (χ2v) is 4.26. The fourth-order valence-electron chi connectivity index (χ4n) is 1.52. The Morgan fingerprint density at radius 1 is 1.41 bits per heavy atom. The minimum absolute atomic E-state index is 0.0225. The number of aromatic nitrogens is 1. The van der Waals surface area contributed by atoms with E-state index in [-0.39, 0.29) is 22.2 Å². The number of ether oxygens (including phenoxy) is 1. The van der Waals surface area contributed by atoms with Crippen molar-refractivity contribution in [3.05, 3.63) is 10.6 Å². The van der Waals surface area contributed by atoms with Crippen LogP contribution in [0.1, 0.15) is 20.2 Å². The third-order valence-corrected chi connectivity index (χ3v) is 3.27. The number of nitrogens with two attached hydrogens (primary N) is 1. The number of aromatic carboxylic acids is 1. The molecule has 1 aromatic heterocycles. The third-order valence-electron chi connectivity index (χ3n) is 2.42. The van der Waals surface area contributed by atoms with Gasteiger partial charge < -0.3 is 20.5 Å². The van der Waals surface area contributed by atoms with E-state index in [9.17, 15) is 9.59 Å². The van der Waals surface area contributed by atoms with Crippen LogP contribution in [0.15, 0.2) is 0 Å². The quantitative estimate of drug-likeness (QED) is 0.766. The van der Waals surface area contributed by atoms with Crippen molar-refractivity contribution in [2.45, 2.75) is 0 Å². The number of carbonyl (C=O) groups excluding carboxylic acids is 1. The molecule has 8 heteroatoms. The second kappa shape index (κ2) is 4.68. The molecule has 0 aliphatic carbocycles. The number of carbonyl (C=O) groups is 2. The van der Waals surface area contributed by atoms with E-state index in [4.69, 9.17) is 15.6 Å². The summed E-state index contributed by atoms with van der Waals surface area (Å²) in [4.78, 5) is 24.2. The maximum Gasteiger partial charge on any atom is 0.349 e. The number of nitrogen functional groups attached to an aromatic ring is 1. The van der Waals surface area contributed by atoms with Gasteiger partial charge in [0, 0.05) is 13.1 Å². The first-order chi connectivity index (χ1) is 8.11. The normalized spacial score (nSPS) is 15.9. The van der Waals surface area contributed by atoms with Crippen molar-refractivity contribution >= 4 is 29.1 Å². The Morgan fingerprint density at radius 3 is 2.59 bits per heavy atom. The number of nitrogens with zero attached hydrogens (tertiary/aromatic N) is 2. The van der Waals surface area contributed by atoms with Crippen LogP contribution in [0.3, 0.4) is 0 Å². The molecule has 0 unspecified atom stereocenters. The molecular weight excluding hydrogens is 246 g/mol. The Hall–Kier alpha value is -1.67. The summed E-state index contributed by atoms with van der Waals surface area (Å²) in [5.41, 5.74) is 5.57. The van der Waals surface area contributed by atoms with Crippen molar-refractivity contribution in [3.63, 3.8) is 0 Å². The van der Waals surface area contributed by atoms with Crippen molar-refractivity contribution in [1.29, 1.82) is 0 Å². The van der Waals surface area contributed by atoms with Gasteiger partial charge in [0.2, 0.25) is 0 Å². The third kappa shape index (κ3) is 2.22. The van der Waals surface area contributed by atoms with Crippen molar-refractivity contribution < 1.29 is 19.4 Å². The summed E-state index contributed by atoms with van der Waals surface area (Å²) < 4.78 is 8.94.